The molecule has 1 aromatic heterocycles. The number of imidazole rings is 1. The highest BCUT2D eigenvalue weighted by Gasteiger charge is 2.13. The van der Waals surface area contributed by atoms with Gasteiger partial charge in [0.2, 0.25) is 0 Å². The molecule has 1 amide bonds. The molecule has 5 heteroatoms. The van der Waals surface area contributed by atoms with Crippen LogP contribution in [0.3, 0.4) is 0 Å². The summed E-state index contributed by atoms with van der Waals surface area (Å²) in [6.07, 6.45) is 0. The van der Waals surface area contributed by atoms with Gasteiger partial charge in [-0.05, 0) is 42.6 Å². The monoisotopic (exact) mass is 435 g/mol. The maximum atomic E-state index is 12.6. The zero-order valence-corrected chi connectivity index (χ0v) is 18.5. The summed E-state index contributed by atoms with van der Waals surface area (Å²) in [6.45, 7) is 3.47. The number of carbonyl (C=O) groups excluding carboxylic acids is 1. The molecule has 0 radical (unpaired) electrons. The first kappa shape index (κ1) is 20.8. The fourth-order valence-electron chi connectivity index (χ4n) is 4.04. The molecule has 164 valence electrons. The lowest BCUT2D eigenvalue weighted by molar-refractivity contribution is 0.0949. The van der Waals surface area contributed by atoms with E-state index in [0.29, 0.717) is 25.3 Å². The van der Waals surface area contributed by atoms with Crippen molar-refractivity contribution in [1.82, 2.24) is 14.9 Å². The molecule has 4 aromatic carbocycles. The van der Waals surface area contributed by atoms with Gasteiger partial charge in [0.05, 0.1) is 24.1 Å². The number of aromatic nitrogens is 2. The lowest BCUT2D eigenvalue weighted by atomic mass is 10.1. The summed E-state index contributed by atoms with van der Waals surface area (Å²) in [6, 6.07) is 29.9. The van der Waals surface area contributed by atoms with Gasteiger partial charge in [0, 0.05) is 10.9 Å². The molecule has 0 aliphatic carbocycles. The highest BCUT2D eigenvalue weighted by Crippen LogP contribution is 2.25. The van der Waals surface area contributed by atoms with Gasteiger partial charge in [-0.15, -0.1) is 0 Å². The number of benzene rings is 4. The van der Waals surface area contributed by atoms with E-state index in [2.05, 4.69) is 28.1 Å². The minimum absolute atomic E-state index is 0.111. The molecule has 1 heterocycles. The second kappa shape index (κ2) is 9.17. The Balaban J connectivity index is 1.33. The molecule has 5 nitrogen and oxygen atoms in total. The van der Waals surface area contributed by atoms with Crippen molar-refractivity contribution < 1.29 is 9.53 Å². The molecule has 0 aliphatic rings. The van der Waals surface area contributed by atoms with E-state index in [1.165, 1.54) is 0 Å². The highest BCUT2D eigenvalue weighted by atomic mass is 16.5. The summed E-state index contributed by atoms with van der Waals surface area (Å²) < 4.78 is 8.29. The topological polar surface area (TPSA) is 56.2 Å². The van der Waals surface area contributed by atoms with Crippen LogP contribution in [0.2, 0.25) is 0 Å². The number of ether oxygens (including phenoxy) is 1. The third-order valence-electron chi connectivity index (χ3n) is 5.78. The minimum Gasteiger partial charge on any atom is -0.491 e. The van der Waals surface area contributed by atoms with Crippen molar-refractivity contribution in [3.05, 3.63) is 108 Å². The number of hydrogen-bond acceptors (Lipinski definition) is 3. The van der Waals surface area contributed by atoms with Crippen molar-refractivity contribution in [2.24, 2.45) is 0 Å². The molecule has 0 aliphatic heterocycles. The van der Waals surface area contributed by atoms with Crippen LogP contribution in [0, 0.1) is 6.92 Å². The number of carbonyl (C=O) groups is 1. The summed E-state index contributed by atoms with van der Waals surface area (Å²) in [5.74, 6) is 1.56. The van der Waals surface area contributed by atoms with Crippen LogP contribution < -0.4 is 10.1 Å². The van der Waals surface area contributed by atoms with Crippen molar-refractivity contribution in [3.8, 4) is 5.75 Å². The van der Waals surface area contributed by atoms with Crippen molar-refractivity contribution >= 4 is 27.7 Å². The molecular weight excluding hydrogens is 410 g/mol. The molecule has 0 atom stereocenters. The molecule has 0 unspecified atom stereocenters. The Bertz CT molecular complexity index is 1420. The summed E-state index contributed by atoms with van der Waals surface area (Å²) >= 11 is 0. The maximum Gasteiger partial charge on any atom is 0.251 e. The van der Waals surface area contributed by atoms with Crippen LogP contribution in [-0.2, 0) is 13.1 Å². The number of nitrogens with one attached hydrogen (secondary N) is 1. The number of para-hydroxylation sites is 2. The number of aryl methyl sites for hydroxylation is 1. The predicted octanol–water partition coefficient (Wildman–Crippen LogP) is 5.51. The lowest BCUT2D eigenvalue weighted by Gasteiger charge is -2.13. The van der Waals surface area contributed by atoms with E-state index in [4.69, 9.17) is 9.72 Å². The molecule has 0 bridgehead atoms. The van der Waals surface area contributed by atoms with Crippen LogP contribution in [-0.4, -0.2) is 22.1 Å². The normalized spacial score (nSPS) is 11.1. The zero-order chi connectivity index (χ0) is 22.6. The molecule has 33 heavy (non-hydrogen) atoms. The number of amides is 1. The number of nitrogens with zero attached hydrogens (tertiary/aromatic N) is 2. The first-order valence-corrected chi connectivity index (χ1v) is 11.1. The molecule has 0 saturated carbocycles. The lowest BCUT2D eigenvalue weighted by Crippen LogP contribution is -2.25. The quantitative estimate of drug-likeness (QED) is 0.367. The van der Waals surface area contributed by atoms with Gasteiger partial charge >= 0.3 is 0 Å². The Kier molecular flexibility index (Phi) is 5.77. The Morgan fingerprint density at radius 1 is 0.909 bits per heavy atom. The van der Waals surface area contributed by atoms with E-state index < -0.39 is 0 Å². The fourth-order valence-corrected chi connectivity index (χ4v) is 4.04. The van der Waals surface area contributed by atoms with Gasteiger partial charge in [-0.1, -0.05) is 66.2 Å². The molecular formula is C28H25N3O2. The van der Waals surface area contributed by atoms with Gasteiger partial charge in [-0.25, -0.2) is 4.98 Å². The fraction of sp³-hybridized carbons (Fsp3) is 0.143. The largest absolute Gasteiger partial charge is 0.491 e. The average Bonchev–Trinajstić information content (AvgIpc) is 3.20. The third kappa shape index (κ3) is 4.44. The average molecular weight is 436 g/mol. The minimum atomic E-state index is -0.111. The molecule has 0 saturated heterocycles. The van der Waals surface area contributed by atoms with Crippen LogP contribution in [0.4, 0.5) is 0 Å². The van der Waals surface area contributed by atoms with Gasteiger partial charge in [0.15, 0.2) is 0 Å². The SMILES string of the molecule is Cc1ccc(C(=O)NCc2nc3ccccc3n2CCOc2cccc3ccccc23)cc1. The van der Waals surface area contributed by atoms with Crippen molar-refractivity contribution in [2.75, 3.05) is 6.61 Å². The van der Waals surface area contributed by atoms with Gasteiger partial charge in [-0.3, -0.25) is 4.79 Å². The zero-order valence-electron chi connectivity index (χ0n) is 18.5. The third-order valence-corrected chi connectivity index (χ3v) is 5.78. The van der Waals surface area contributed by atoms with Gasteiger partial charge in [0.25, 0.3) is 5.91 Å². The van der Waals surface area contributed by atoms with Gasteiger partial charge < -0.3 is 14.6 Å². The van der Waals surface area contributed by atoms with Crippen molar-refractivity contribution in [3.63, 3.8) is 0 Å². The maximum absolute atomic E-state index is 12.6. The summed E-state index contributed by atoms with van der Waals surface area (Å²) in [4.78, 5) is 17.4. The second-order valence-corrected chi connectivity index (χ2v) is 8.04. The predicted molar refractivity (Wildman–Crippen MR) is 132 cm³/mol. The van der Waals surface area contributed by atoms with E-state index in [1.807, 2.05) is 79.7 Å². The van der Waals surface area contributed by atoms with Gasteiger partial charge in [0.1, 0.15) is 18.2 Å². The Labute approximate surface area is 192 Å². The van der Waals surface area contributed by atoms with Crippen LogP contribution in [0.1, 0.15) is 21.7 Å². The first-order chi connectivity index (χ1) is 16.2. The van der Waals surface area contributed by atoms with Crippen LogP contribution >= 0.6 is 0 Å². The highest BCUT2D eigenvalue weighted by molar-refractivity contribution is 5.94. The molecule has 5 aromatic rings. The van der Waals surface area contributed by atoms with E-state index in [0.717, 1.165) is 38.9 Å². The van der Waals surface area contributed by atoms with Crippen LogP contribution in [0.15, 0.2) is 91.0 Å². The Hall–Kier alpha value is -4.12. The van der Waals surface area contributed by atoms with Crippen LogP contribution in [0.25, 0.3) is 21.8 Å². The van der Waals surface area contributed by atoms with E-state index in [-0.39, 0.29) is 5.91 Å². The summed E-state index contributed by atoms with van der Waals surface area (Å²) in [5.41, 5.74) is 3.70. The van der Waals surface area contributed by atoms with E-state index in [9.17, 15) is 4.79 Å². The number of fused-ring (bicyclic) bond motifs is 2. The van der Waals surface area contributed by atoms with Crippen molar-refractivity contribution in [1.29, 1.82) is 0 Å². The molecule has 0 spiro atoms. The Morgan fingerprint density at radius 3 is 2.55 bits per heavy atom. The molecule has 1 N–H and O–H groups in total. The van der Waals surface area contributed by atoms with E-state index in [1.54, 1.807) is 0 Å². The number of hydrogen-bond donors (Lipinski definition) is 1. The smallest absolute Gasteiger partial charge is 0.251 e. The summed E-state index contributed by atoms with van der Waals surface area (Å²) in [5, 5.41) is 5.26. The van der Waals surface area contributed by atoms with Crippen LogP contribution in [0.5, 0.6) is 5.75 Å². The first-order valence-electron chi connectivity index (χ1n) is 11.1. The second-order valence-electron chi connectivity index (χ2n) is 8.04. The number of rotatable bonds is 7. The molecule has 0 fully saturated rings. The summed E-state index contributed by atoms with van der Waals surface area (Å²) in [7, 11) is 0. The van der Waals surface area contributed by atoms with E-state index >= 15 is 0 Å². The standard InChI is InChI=1S/C28H25N3O2/c1-20-13-15-22(16-14-20)28(32)29-19-27-30-24-10-4-5-11-25(24)31(27)17-18-33-26-12-6-8-21-7-2-3-9-23(21)26/h2-16H,17-19H2,1H3,(H,29,32). The van der Waals surface area contributed by atoms with Crippen molar-refractivity contribution in [2.45, 2.75) is 20.0 Å². The molecule has 5 rings (SSSR count). The Morgan fingerprint density at radius 2 is 1.67 bits per heavy atom. The van der Waals surface area contributed by atoms with Gasteiger partial charge in [-0.2, -0.15) is 0 Å².